The Morgan fingerprint density at radius 1 is 0.879 bits per heavy atom. The number of ether oxygens (including phenoxy) is 5. The lowest BCUT2D eigenvalue weighted by molar-refractivity contribution is -0.143. The van der Waals surface area contributed by atoms with Crippen molar-refractivity contribution < 1.29 is 42.9 Å². The second-order valence-electron chi connectivity index (χ2n) is 6.72. The molecule has 176 valence electrons. The molecule has 10 heteroatoms. The molecule has 1 atom stereocenters. The fourth-order valence-corrected chi connectivity index (χ4v) is 2.75. The fourth-order valence-electron chi connectivity index (χ4n) is 2.75. The van der Waals surface area contributed by atoms with Gasteiger partial charge in [0.15, 0.2) is 11.5 Å². The van der Waals surface area contributed by atoms with E-state index in [9.17, 15) is 19.2 Å². The van der Waals surface area contributed by atoms with Gasteiger partial charge in [-0.25, -0.2) is 4.79 Å². The van der Waals surface area contributed by atoms with Crippen LogP contribution in [-0.2, 0) is 30.3 Å². The minimum absolute atomic E-state index is 0.0470. The highest BCUT2D eigenvalue weighted by atomic mass is 16.7. The highest BCUT2D eigenvalue weighted by Gasteiger charge is 2.21. The molecule has 2 aromatic carbocycles. The summed E-state index contributed by atoms with van der Waals surface area (Å²) in [6, 6.07) is 12.2. The molecule has 0 saturated heterocycles. The molecule has 0 aromatic heterocycles. The number of hydrogen-bond acceptors (Lipinski definition) is 10. The van der Waals surface area contributed by atoms with Crippen molar-refractivity contribution in [3.63, 3.8) is 0 Å². The van der Waals surface area contributed by atoms with Gasteiger partial charge in [0.25, 0.3) is 0 Å². The highest BCUT2D eigenvalue weighted by molar-refractivity contribution is 5.76. The Hall–Kier alpha value is -3.92. The number of benzene rings is 2. The van der Waals surface area contributed by atoms with Gasteiger partial charge in [-0.3, -0.25) is 14.4 Å². The topological polar surface area (TPSA) is 126 Å². The van der Waals surface area contributed by atoms with Crippen molar-refractivity contribution in [2.45, 2.75) is 26.3 Å². The number of rotatable bonds is 10. The van der Waals surface area contributed by atoms with Crippen molar-refractivity contribution in [2.24, 2.45) is 0 Å². The molecule has 0 aliphatic rings. The largest absolute Gasteiger partial charge is 0.513 e. The van der Waals surface area contributed by atoms with Crippen LogP contribution in [0.5, 0.6) is 17.2 Å². The van der Waals surface area contributed by atoms with E-state index < -0.39 is 30.1 Å². The third-order valence-electron chi connectivity index (χ3n) is 4.10. The molecule has 0 heterocycles. The van der Waals surface area contributed by atoms with E-state index in [1.165, 1.54) is 33.1 Å². The SMILES string of the molecule is COC(=O)[C@H](Cc1ccc(OC(C)=O)c(OC(C)=O)c1)NCCOC(=O)Oc1ccccc1. The van der Waals surface area contributed by atoms with Crippen LogP contribution in [-0.4, -0.2) is 50.4 Å². The molecule has 33 heavy (non-hydrogen) atoms. The maximum absolute atomic E-state index is 12.2. The third-order valence-corrected chi connectivity index (χ3v) is 4.10. The van der Waals surface area contributed by atoms with E-state index in [-0.39, 0.29) is 31.1 Å². The fraction of sp³-hybridized carbons (Fsp3) is 0.304. The Morgan fingerprint density at radius 3 is 2.18 bits per heavy atom. The normalized spacial score (nSPS) is 11.1. The maximum Gasteiger partial charge on any atom is 0.513 e. The second-order valence-corrected chi connectivity index (χ2v) is 6.72. The third kappa shape index (κ3) is 8.99. The Bertz CT molecular complexity index is 975. The predicted octanol–water partition coefficient (Wildman–Crippen LogP) is 2.43. The molecule has 0 radical (unpaired) electrons. The minimum Gasteiger partial charge on any atom is -0.468 e. The van der Waals surface area contributed by atoms with Gasteiger partial charge in [-0.05, 0) is 36.2 Å². The van der Waals surface area contributed by atoms with Crippen LogP contribution >= 0.6 is 0 Å². The van der Waals surface area contributed by atoms with Crippen molar-refractivity contribution in [1.82, 2.24) is 5.32 Å². The number of para-hydroxylation sites is 1. The minimum atomic E-state index is -0.871. The van der Waals surface area contributed by atoms with Gasteiger partial charge >= 0.3 is 24.1 Å². The Labute approximate surface area is 190 Å². The quantitative estimate of drug-likeness (QED) is 0.245. The monoisotopic (exact) mass is 459 g/mol. The molecule has 0 bridgehead atoms. The van der Waals surface area contributed by atoms with E-state index in [0.717, 1.165) is 0 Å². The van der Waals surface area contributed by atoms with Gasteiger partial charge in [0.2, 0.25) is 0 Å². The number of esters is 3. The van der Waals surface area contributed by atoms with Gasteiger partial charge in [-0.1, -0.05) is 24.3 Å². The van der Waals surface area contributed by atoms with Crippen LogP contribution in [0.4, 0.5) is 4.79 Å². The summed E-state index contributed by atoms with van der Waals surface area (Å²) in [5.74, 6) is -1.23. The van der Waals surface area contributed by atoms with Gasteiger partial charge in [0, 0.05) is 20.4 Å². The number of hydrogen-bond donors (Lipinski definition) is 1. The summed E-state index contributed by atoms with van der Waals surface area (Å²) in [7, 11) is 1.25. The Kier molecular flexibility index (Phi) is 9.84. The van der Waals surface area contributed by atoms with E-state index in [2.05, 4.69) is 5.32 Å². The van der Waals surface area contributed by atoms with Crippen molar-refractivity contribution in [3.05, 3.63) is 54.1 Å². The predicted molar refractivity (Wildman–Crippen MR) is 115 cm³/mol. The molecule has 1 N–H and O–H groups in total. The van der Waals surface area contributed by atoms with Crippen LogP contribution in [0.1, 0.15) is 19.4 Å². The maximum atomic E-state index is 12.2. The first-order valence-electron chi connectivity index (χ1n) is 9.99. The average molecular weight is 459 g/mol. The van der Waals surface area contributed by atoms with E-state index >= 15 is 0 Å². The second kappa shape index (κ2) is 12.8. The van der Waals surface area contributed by atoms with E-state index in [0.29, 0.717) is 11.3 Å². The lowest BCUT2D eigenvalue weighted by atomic mass is 10.1. The Balaban J connectivity index is 1.96. The summed E-state index contributed by atoms with van der Waals surface area (Å²) in [5.41, 5.74) is 0.606. The van der Waals surface area contributed by atoms with E-state index in [1.54, 1.807) is 36.4 Å². The molecule has 0 spiro atoms. The van der Waals surface area contributed by atoms with Crippen LogP contribution < -0.4 is 19.5 Å². The van der Waals surface area contributed by atoms with Gasteiger partial charge in [-0.2, -0.15) is 0 Å². The molecule has 0 saturated carbocycles. The summed E-state index contributed by atoms with van der Waals surface area (Å²) in [4.78, 5) is 46.6. The standard InChI is InChI=1S/C23H25NO9/c1-15(25)31-20-10-9-17(14-21(20)32-16(2)26)13-19(22(27)29-3)24-11-12-30-23(28)33-18-7-5-4-6-8-18/h4-10,14,19,24H,11-13H2,1-3H3/t19-/m0/s1. The molecule has 2 aromatic rings. The first kappa shape index (κ1) is 25.3. The van der Waals surface area contributed by atoms with Gasteiger partial charge in [-0.15, -0.1) is 0 Å². The van der Waals surface area contributed by atoms with Crippen LogP contribution in [0.15, 0.2) is 48.5 Å². The zero-order valence-electron chi connectivity index (χ0n) is 18.5. The zero-order chi connectivity index (χ0) is 24.2. The number of carbonyl (C=O) groups excluding carboxylic acids is 4. The molecular formula is C23H25NO9. The summed E-state index contributed by atoms with van der Waals surface area (Å²) in [6.07, 6.45) is -0.708. The van der Waals surface area contributed by atoms with Crippen molar-refractivity contribution in [3.8, 4) is 17.2 Å². The molecule has 0 aliphatic carbocycles. The van der Waals surface area contributed by atoms with E-state index in [1.807, 2.05) is 0 Å². The molecule has 0 fully saturated rings. The van der Waals surface area contributed by atoms with Gasteiger partial charge < -0.3 is 29.0 Å². The molecular weight excluding hydrogens is 434 g/mol. The smallest absolute Gasteiger partial charge is 0.468 e. The number of carbonyl (C=O) groups is 4. The lowest BCUT2D eigenvalue weighted by Gasteiger charge is -2.17. The number of nitrogens with one attached hydrogen (secondary N) is 1. The van der Waals surface area contributed by atoms with E-state index in [4.69, 9.17) is 23.7 Å². The summed E-state index contributed by atoms with van der Waals surface area (Å²) >= 11 is 0. The number of methoxy groups -OCH3 is 1. The summed E-state index contributed by atoms with van der Waals surface area (Å²) < 4.78 is 25.0. The van der Waals surface area contributed by atoms with Crippen LogP contribution in [0.2, 0.25) is 0 Å². The van der Waals surface area contributed by atoms with Gasteiger partial charge in [0.05, 0.1) is 7.11 Å². The van der Waals surface area contributed by atoms with Gasteiger partial charge in [0.1, 0.15) is 18.4 Å². The highest BCUT2D eigenvalue weighted by Crippen LogP contribution is 2.29. The molecule has 10 nitrogen and oxygen atoms in total. The molecule has 0 unspecified atom stereocenters. The van der Waals surface area contributed by atoms with Crippen molar-refractivity contribution in [1.29, 1.82) is 0 Å². The average Bonchev–Trinajstić information content (AvgIpc) is 2.77. The summed E-state index contributed by atoms with van der Waals surface area (Å²) in [6.45, 7) is 2.53. The summed E-state index contributed by atoms with van der Waals surface area (Å²) in [5, 5.41) is 2.94. The van der Waals surface area contributed by atoms with Crippen LogP contribution in [0.25, 0.3) is 0 Å². The van der Waals surface area contributed by atoms with Crippen LogP contribution in [0, 0.1) is 0 Å². The lowest BCUT2D eigenvalue weighted by Crippen LogP contribution is -2.41. The molecule has 2 rings (SSSR count). The zero-order valence-corrected chi connectivity index (χ0v) is 18.5. The van der Waals surface area contributed by atoms with Crippen molar-refractivity contribution >= 4 is 24.1 Å². The van der Waals surface area contributed by atoms with Crippen molar-refractivity contribution in [2.75, 3.05) is 20.3 Å². The first-order valence-corrected chi connectivity index (χ1v) is 9.99. The van der Waals surface area contributed by atoms with Crippen LogP contribution in [0.3, 0.4) is 0 Å². The first-order chi connectivity index (χ1) is 15.8. The molecule has 0 amide bonds. The molecule has 0 aliphatic heterocycles. The Morgan fingerprint density at radius 2 is 1.55 bits per heavy atom.